The molecule has 0 amide bonds. The lowest BCUT2D eigenvalue weighted by molar-refractivity contribution is -0.384. The minimum absolute atomic E-state index is 0.0252. The Bertz CT molecular complexity index is 1440. The van der Waals surface area contributed by atoms with Crippen molar-refractivity contribution in [3.05, 3.63) is 118 Å². The van der Waals surface area contributed by atoms with Crippen molar-refractivity contribution in [2.75, 3.05) is 0 Å². The molecule has 0 saturated heterocycles. The fourth-order valence-electron chi connectivity index (χ4n) is 3.90. The van der Waals surface area contributed by atoms with Crippen LogP contribution in [-0.2, 0) is 18.0 Å². The molecule has 0 spiro atoms. The maximum Gasteiger partial charge on any atom is 0.269 e. The first kappa shape index (κ1) is 22.2. The van der Waals surface area contributed by atoms with Gasteiger partial charge in [-0.2, -0.15) is 0 Å². The van der Waals surface area contributed by atoms with E-state index in [9.17, 15) is 10.1 Å². The SMILES string of the molecule is Cc1onc(-c2ccccc2)c1-c1cn(-c2ccc([N+](=O)[O-])cc2)c(COCc2ccccc2)n1. The van der Waals surface area contributed by atoms with Crippen LogP contribution in [0.4, 0.5) is 5.69 Å². The maximum absolute atomic E-state index is 11.1. The van der Waals surface area contributed by atoms with Crippen molar-refractivity contribution < 1.29 is 14.2 Å². The Morgan fingerprint density at radius 1 is 0.943 bits per heavy atom. The summed E-state index contributed by atoms with van der Waals surface area (Å²) >= 11 is 0. The molecule has 0 aliphatic carbocycles. The number of imidazole rings is 1. The zero-order valence-corrected chi connectivity index (χ0v) is 19.0. The molecule has 5 aromatic rings. The van der Waals surface area contributed by atoms with Crippen LogP contribution < -0.4 is 0 Å². The molecule has 2 aromatic heterocycles. The molecule has 174 valence electrons. The van der Waals surface area contributed by atoms with Crippen molar-refractivity contribution >= 4 is 5.69 Å². The smallest absolute Gasteiger partial charge is 0.269 e. The highest BCUT2D eigenvalue weighted by Gasteiger charge is 2.21. The van der Waals surface area contributed by atoms with Crippen molar-refractivity contribution in [3.63, 3.8) is 0 Å². The summed E-state index contributed by atoms with van der Waals surface area (Å²) < 4.78 is 13.4. The van der Waals surface area contributed by atoms with Gasteiger partial charge >= 0.3 is 0 Å². The summed E-state index contributed by atoms with van der Waals surface area (Å²) in [5, 5.41) is 15.4. The van der Waals surface area contributed by atoms with E-state index in [0.29, 0.717) is 29.6 Å². The lowest BCUT2D eigenvalue weighted by Gasteiger charge is -2.08. The lowest BCUT2D eigenvalue weighted by Crippen LogP contribution is -2.03. The van der Waals surface area contributed by atoms with Gasteiger partial charge in [-0.3, -0.25) is 10.1 Å². The van der Waals surface area contributed by atoms with E-state index < -0.39 is 4.92 Å². The first-order chi connectivity index (χ1) is 17.1. The van der Waals surface area contributed by atoms with Gasteiger partial charge in [0.2, 0.25) is 0 Å². The summed E-state index contributed by atoms with van der Waals surface area (Å²) in [6.45, 7) is 2.53. The van der Waals surface area contributed by atoms with Crippen LogP contribution in [0.1, 0.15) is 17.1 Å². The first-order valence-corrected chi connectivity index (χ1v) is 11.1. The largest absolute Gasteiger partial charge is 0.369 e. The number of hydrogen-bond acceptors (Lipinski definition) is 6. The second-order valence-corrected chi connectivity index (χ2v) is 7.99. The summed E-state index contributed by atoms with van der Waals surface area (Å²) in [4.78, 5) is 15.6. The standard InChI is InChI=1S/C27H22N4O4/c1-19-26(27(29-35-19)21-10-6-3-7-11-21)24-16-30(22-12-14-23(15-13-22)31(32)33)25(28-24)18-34-17-20-8-4-2-5-9-20/h2-16H,17-18H2,1H3. The number of aryl methyl sites for hydroxylation is 1. The van der Waals surface area contributed by atoms with E-state index in [2.05, 4.69) is 5.16 Å². The molecular formula is C27H22N4O4. The van der Waals surface area contributed by atoms with Gasteiger partial charge in [0.15, 0.2) is 0 Å². The third kappa shape index (κ3) is 4.73. The number of nitrogens with zero attached hydrogens (tertiary/aromatic N) is 4. The summed E-state index contributed by atoms with van der Waals surface area (Å²) in [5.41, 5.74) is 4.92. The topological polar surface area (TPSA) is 96.2 Å². The third-order valence-corrected chi connectivity index (χ3v) is 5.63. The quantitative estimate of drug-likeness (QED) is 0.202. The minimum Gasteiger partial charge on any atom is -0.369 e. The van der Waals surface area contributed by atoms with Crippen molar-refractivity contribution in [1.29, 1.82) is 0 Å². The molecule has 35 heavy (non-hydrogen) atoms. The van der Waals surface area contributed by atoms with Crippen LogP contribution in [0.2, 0.25) is 0 Å². The van der Waals surface area contributed by atoms with Crippen LogP contribution in [0.15, 0.2) is 95.6 Å². The van der Waals surface area contributed by atoms with Crippen molar-refractivity contribution in [2.45, 2.75) is 20.1 Å². The highest BCUT2D eigenvalue weighted by Crippen LogP contribution is 2.34. The zero-order valence-electron chi connectivity index (χ0n) is 19.0. The van der Waals surface area contributed by atoms with Gasteiger partial charge in [0.1, 0.15) is 23.9 Å². The number of benzene rings is 3. The number of nitro groups is 1. The van der Waals surface area contributed by atoms with E-state index in [-0.39, 0.29) is 12.3 Å². The maximum atomic E-state index is 11.1. The molecule has 0 atom stereocenters. The number of non-ortho nitro benzene ring substituents is 1. The Morgan fingerprint density at radius 2 is 1.63 bits per heavy atom. The summed E-state index contributed by atoms with van der Waals surface area (Å²) in [7, 11) is 0. The highest BCUT2D eigenvalue weighted by atomic mass is 16.6. The normalized spacial score (nSPS) is 11.0. The molecule has 0 N–H and O–H groups in total. The van der Waals surface area contributed by atoms with Gasteiger partial charge in [0, 0.05) is 29.6 Å². The zero-order chi connectivity index (χ0) is 24.2. The third-order valence-electron chi connectivity index (χ3n) is 5.63. The van der Waals surface area contributed by atoms with Crippen molar-refractivity contribution in [3.8, 4) is 28.2 Å². The van der Waals surface area contributed by atoms with E-state index in [1.54, 1.807) is 12.1 Å². The molecule has 0 radical (unpaired) electrons. The Morgan fingerprint density at radius 3 is 2.31 bits per heavy atom. The van der Waals surface area contributed by atoms with Crippen LogP contribution in [0.25, 0.3) is 28.2 Å². The van der Waals surface area contributed by atoms with Gasteiger partial charge < -0.3 is 13.8 Å². The number of nitro benzene ring substituents is 1. The Kier molecular flexibility index (Phi) is 6.19. The average molecular weight is 466 g/mol. The number of aromatic nitrogens is 3. The predicted molar refractivity (Wildman–Crippen MR) is 131 cm³/mol. The first-order valence-electron chi connectivity index (χ1n) is 11.1. The molecule has 3 aromatic carbocycles. The second-order valence-electron chi connectivity index (χ2n) is 7.99. The lowest BCUT2D eigenvalue weighted by atomic mass is 10.0. The molecule has 0 aliphatic heterocycles. The van der Waals surface area contributed by atoms with Gasteiger partial charge in [-0.15, -0.1) is 0 Å². The van der Waals surface area contributed by atoms with E-state index in [1.807, 2.05) is 78.4 Å². The average Bonchev–Trinajstić information content (AvgIpc) is 3.48. The molecule has 8 heteroatoms. The van der Waals surface area contributed by atoms with Gasteiger partial charge in [-0.05, 0) is 24.6 Å². The van der Waals surface area contributed by atoms with Gasteiger partial charge in [-0.1, -0.05) is 65.8 Å². The molecule has 0 aliphatic rings. The monoisotopic (exact) mass is 466 g/mol. The second kappa shape index (κ2) is 9.74. The van der Waals surface area contributed by atoms with E-state index >= 15 is 0 Å². The molecule has 0 saturated carbocycles. The van der Waals surface area contributed by atoms with Crippen LogP contribution >= 0.6 is 0 Å². The number of hydrogen-bond donors (Lipinski definition) is 0. The van der Waals surface area contributed by atoms with E-state index in [1.165, 1.54) is 12.1 Å². The molecular weight excluding hydrogens is 444 g/mol. The minimum atomic E-state index is -0.417. The summed E-state index contributed by atoms with van der Waals surface area (Å²) in [6.07, 6.45) is 1.88. The van der Waals surface area contributed by atoms with E-state index in [0.717, 1.165) is 22.4 Å². The van der Waals surface area contributed by atoms with Gasteiger partial charge in [0.25, 0.3) is 5.69 Å². The van der Waals surface area contributed by atoms with Crippen LogP contribution in [0.3, 0.4) is 0 Å². The van der Waals surface area contributed by atoms with Gasteiger partial charge in [-0.25, -0.2) is 4.98 Å². The van der Waals surface area contributed by atoms with Crippen molar-refractivity contribution in [1.82, 2.24) is 14.7 Å². The Hall–Kier alpha value is -4.56. The van der Waals surface area contributed by atoms with Crippen molar-refractivity contribution in [2.24, 2.45) is 0 Å². The number of rotatable bonds is 8. The fourth-order valence-corrected chi connectivity index (χ4v) is 3.90. The van der Waals surface area contributed by atoms with Crippen LogP contribution in [0, 0.1) is 17.0 Å². The predicted octanol–water partition coefficient (Wildman–Crippen LogP) is 6.13. The summed E-state index contributed by atoms with van der Waals surface area (Å²) in [6, 6.07) is 26.0. The summed E-state index contributed by atoms with van der Waals surface area (Å²) in [5.74, 6) is 1.30. The van der Waals surface area contributed by atoms with Crippen LogP contribution in [0.5, 0.6) is 0 Å². The fraction of sp³-hybridized carbons (Fsp3) is 0.111. The highest BCUT2D eigenvalue weighted by molar-refractivity contribution is 5.80. The number of ether oxygens (including phenoxy) is 1. The Balaban J connectivity index is 1.53. The van der Waals surface area contributed by atoms with Crippen LogP contribution in [-0.4, -0.2) is 19.6 Å². The molecule has 0 fully saturated rings. The van der Waals surface area contributed by atoms with Gasteiger partial charge in [0.05, 0.1) is 22.8 Å². The molecule has 0 bridgehead atoms. The molecule has 5 rings (SSSR count). The molecule has 2 heterocycles. The Labute approximate surface area is 201 Å². The van der Waals surface area contributed by atoms with E-state index in [4.69, 9.17) is 14.2 Å². The molecule has 8 nitrogen and oxygen atoms in total. The molecule has 0 unspecified atom stereocenters.